The maximum absolute atomic E-state index is 12.4. The predicted octanol–water partition coefficient (Wildman–Crippen LogP) is 2.71. The highest BCUT2D eigenvalue weighted by atomic mass is 16.2. The Bertz CT molecular complexity index is 734. The van der Waals surface area contributed by atoms with E-state index in [1.54, 1.807) is 24.3 Å². The van der Waals surface area contributed by atoms with Gasteiger partial charge in [0.1, 0.15) is 0 Å². The molecule has 110 valence electrons. The van der Waals surface area contributed by atoms with Crippen LogP contribution in [0.15, 0.2) is 48.5 Å². The fraction of sp³-hybridized carbons (Fsp3) is 0.222. The molecule has 0 bridgehead atoms. The molecule has 0 aliphatic carbocycles. The first-order valence-electron chi connectivity index (χ1n) is 7.54. The van der Waals surface area contributed by atoms with E-state index in [-0.39, 0.29) is 17.9 Å². The predicted molar refractivity (Wildman–Crippen MR) is 84.0 cm³/mol. The summed E-state index contributed by atoms with van der Waals surface area (Å²) < 4.78 is 0. The van der Waals surface area contributed by atoms with E-state index in [0.29, 0.717) is 17.7 Å². The molecule has 0 saturated heterocycles. The van der Waals surface area contributed by atoms with Crippen LogP contribution in [-0.4, -0.2) is 29.3 Å². The minimum atomic E-state index is -0.179. The second kappa shape index (κ2) is 4.98. The molecule has 2 aromatic rings. The Hall–Kier alpha value is -2.62. The lowest BCUT2D eigenvalue weighted by atomic mass is 9.98. The summed E-state index contributed by atoms with van der Waals surface area (Å²) in [5, 5.41) is 3.45. The standard InChI is InChI=1S/C18H16N2O2/c21-17-14-6-2-3-7-15(14)18(22)20(17)11-13-10-9-12-5-1-4-8-16(12)19-13/h1-8,13,19H,9-11H2/t13-/m0/s1. The number of nitrogens with one attached hydrogen (secondary N) is 1. The normalized spacial score (nSPS) is 19.6. The van der Waals surface area contributed by atoms with Gasteiger partial charge in [0, 0.05) is 18.3 Å². The van der Waals surface area contributed by atoms with Crippen LogP contribution in [0.2, 0.25) is 0 Å². The number of para-hydroxylation sites is 1. The zero-order valence-corrected chi connectivity index (χ0v) is 12.1. The summed E-state index contributed by atoms with van der Waals surface area (Å²) in [5.41, 5.74) is 3.43. The van der Waals surface area contributed by atoms with Crippen molar-refractivity contribution in [3.8, 4) is 0 Å². The van der Waals surface area contributed by atoms with Gasteiger partial charge in [0.25, 0.3) is 11.8 Å². The average molecular weight is 292 g/mol. The van der Waals surface area contributed by atoms with E-state index in [0.717, 1.165) is 18.5 Å². The lowest BCUT2D eigenvalue weighted by molar-refractivity contribution is 0.0646. The summed E-state index contributed by atoms with van der Waals surface area (Å²) in [4.78, 5) is 26.2. The van der Waals surface area contributed by atoms with Gasteiger partial charge in [0.2, 0.25) is 0 Å². The number of fused-ring (bicyclic) bond motifs is 2. The first kappa shape index (κ1) is 13.1. The Kier molecular flexibility index (Phi) is 2.96. The number of rotatable bonds is 2. The molecule has 1 atom stereocenters. The highest BCUT2D eigenvalue weighted by molar-refractivity contribution is 6.21. The molecule has 4 heteroatoms. The number of benzene rings is 2. The van der Waals surface area contributed by atoms with E-state index in [9.17, 15) is 9.59 Å². The van der Waals surface area contributed by atoms with Gasteiger partial charge in [-0.2, -0.15) is 0 Å². The summed E-state index contributed by atoms with van der Waals surface area (Å²) in [6, 6.07) is 15.3. The van der Waals surface area contributed by atoms with Crippen molar-refractivity contribution in [2.75, 3.05) is 11.9 Å². The largest absolute Gasteiger partial charge is 0.380 e. The Labute approximate surface area is 128 Å². The molecule has 0 radical (unpaired) electrons. The van der Waals surface area contributed by atoms with Gasteiger partial charge in [-0.25, -0.2) is 0 Å². The molecular weight excluding hydrogens is 276 g/mol. The van der Waals surface area contributed by atoms with Gasteiger partial charge in [0.15, 0.2) is 0 Å². The second-order valence-electron chi connectivity index (χ2n) is 5.80. The third-order valence-corrected chi connectivity index (χ3v) is 4.42. The monoisotopic (exact) mass is 292 g/mol. The van der Waals surface area contributed by atoms with Crippen LogP contribution in [0.25, 0.3) is 0 Å². The zero-order chi connectivity index (χ0) is 15.1. The number of aryl methyl sites for hydroxylation is 1. The molecule has 4 rings (SSSR count). The Morgan fingerprint density at radius 1 is 0.955 bits per heavy atom. The van der Waals surface area contributed by atoms with Crippen molar-refractivity contribution in [3.63, 3.8) is 0 Å². The van der Waals surface area contributed by atoms with Crippen molar-refractivity contribution in [2.45, 2.75) is 18.9 Å². The maximum atomic E-state index is 12.4. The number of nitrogens with zero attached hydrogens (tertiary/aromatic N) is 1. The number of hydrogen-bond acceptors (Lipinski definition) is 3. The third-order valence-electron chi connectivity index (χ3n) is 4.42. The molecule has 0 unspecified atom stereocenters. The smallest absolute Gasteiger partial charge is 0.261 e. The first-order valence-corrected chi connectivity index (χ1v) is 7.54. The highest BCUT2D eigenvalue weighted by Crippen LogP contribution is 2.27. The van der Waals surface area contributed by atoms with Crippen LogP contribution < -0.4 is 5.32 Å². The van der Waals surface area contributed by atoms with E-state index in [4.69, 9.17) is 0 Å². The van der Waals surface area contributed by atoms with E-state index in [2.05, 4.69) is 11.4 Å². The van der Waals surface area contributed by atoms with Gasteiger partial charge in [-0.1, -0.05) is 30.3 Å². The van der Waals surface area contributed by atoms with E-state index in [1.807, 2.05) is 18.2 Å². The number of carbonyl (C=O) groups excluding carboxylic acids is 2. The van der Waals surface area contributed by atoms with Crippen molar-refractivity contribution >= 4 is 17.5 Å². The molecule has 2 aliphatic heterocycles. The van der Waals surface area contributed by atoms with Gasteiger partial charge in [-0.3, -0.25) is 14.5 Å². The Balaban J connectivity index is 1.54. The summed E-state index contributed by atoms with van der Waals surface area (Å²) in [6.45, 7) is 0.417. The lowest BCUT2D eigenvalue weighted by Gasteiger charge is -2.29. The molecule has 0 aromatic heterocycles. The lowest BCUT2D eigenvalue weighted by Crippen LogP contribution is -2.41. The van der Waals surface area contributed by atoms with E-state index >= 15 is 0 Å². The van der Waals surface area contributed by atoms with Gasteiger partial charge < -0.3 is 5.32 Å². The van der Waals surface area contributed by atoms with Crippen molar-refractivity contribution in [2.24, 2.45) is 0 Å². The minimum absolute atomic E-state index is 0.108. The average Bonchev–Trinajstić information content (AvgIpc) is 2.80. The maximum Gasteiger partial charge on any atom is 0.261 e. The van der Waals surface area contributed by atoms with Crippen LogP contribution >= 0.6 is 0 Å². The Morgan fingerprint density at radius 3 is 2.32 bits per heavy atom. The summed E-state index contributed by atoms with van der Waals surface area (Å²) in [5.74, 6) is -0.359. The second-order valence-corrected chi connectivity index (χ2v) is 5.80. The number of anilines is 1. The van der Waals surface area contributed by atoms with E-state index < -0.39 is 0 Å². The minimum Gasteiger partial charge on any atom is -0.380 e. The highest BCUT2D eigenvalue weighted by Gasteiger charge is 2.36. The fourth-order valence-electron chi connectivity index (χ4n) is 3.26. The molecule has 2 heterocycles. The quantitative estimate of drug-likeness (QED) is 0.866. The summed E-state index contributed by atoms with van der Waals surface area (Å²) in [6.07, 6.45) is 1.89. The van der Waals surface area contributed by atoms with Crippen molar-refractivity contribution < 1.29 is 9.59 Å². The van der Waals surface area contributed by atoms with Crippen molar-refractivity contribution in [1.29, 1.82) is 0 Å². The van der Waals surface area contributed by atoms with E-state index in [1.165, 1.54) is 10.5 Å². The molecule has 0 saturated carbocycles. The summed E-state index contributed by atoms with van der Waals surface area (Å²) in [7, 11) is 0. The molecular formula is C18H16N2O2. The van der Waals surface area contributed by atoms with Crippen LogP contribution in [0.1, 0.15) is 32.7 Å². The molecule has 2 aromatic carbocycles. The van der Waals surface area contributed by atoms with Crippen molar-refractivity contribution in [3.05, 3.63) is 65.2 Å². The molecule has 4 nitrogen and oxygen atoms in total. The molecule has 2 amide bonds. The summed E-state index contributed by atoms with van der Waals surface area (Å²) >= 11 is 0. The zero-order valence-electron chi connectivity index (χ0n) is 12.1. The molecule has 22 heavy (non-hydrogen) atoms. The Morgan fingerprint density at radius 2 is 1.59 bits per heavy atom. The van der Waals surface area contributed by atoms with Gasteiger partial charge in [0.05, 0.1) is 11.1 Å². The third kappa shape index (κ3) is 1.99. The topological polar surface area (TPSA) is 49.4 Å². The van der Waals surface area contributed by atoms with Crippen LogP contribution in [0, 0.1) is 0 Å². The van der Waals surface area contributed by atoms with Crippen molar-refractivity contribution in [1.82, 2.24) is 4.90 Å². The number of amides is 2. The van der Waals surface area contributed by atoms with Crippen LogP contribution in [-0.2, 0) is 6.42 Å². The number of hydrogen-bond donors (Lipinski definition) is 1. The number of carbonyl (C=O) groups is 2. The van der Waals surface area contributed by atoms with Gasteiger partial charge >= 0.3 is 0 Å². The fourth-order valence-corrected chi connectivity index (χ4v) is 3.26. The SMILES string of the molecule is O=C1c2ccccc2C(=O)N1C[C@@H]1CCc2ccccc2N1. The first-order chi connectivity index (χ1) is 10.7. The van der Waals surface area contributed by atoms with Gasteiger partial charge in [-0.05, 0) is 36.6 Å². The molecule has 1 N–H and O–H groups in total. The van der Waals surface area contributed by atoms with Gasteiger partial charge in [-0.15, -0.1) is 0 Å². The van der Waals surface area contributed by atoms with Crippen LogP contribution in [0.5, 0.6) is 0 Å². The van der Waals surface area contributed by atoms with Crippen LogP contribution in [0.4, 0.5) is 5.69 Å². The van der Waals surface area contributed by atoms with Crippen LogP contribution in [0.3, 0.4) is 0 Å². The molecule has 2 aliphatic rings. The molecule has 0 fully saturated rings. The number of imide groups is 1. The molecule has 0 spiro atoms.